The zero-order chi connectivity index (χ0) is 15.8. The van der Waals surface area contributed by atoms with E-state index in [4.69, 9.17) is 9.47 Å². The summed E-state index contributed by atoms with van der Waals surface area (Å²) in [6, 6.07) is 5.31. The predicted molar refractivity (Wildman–Crippen MR) is 86.3 cm³/mol. The van der Waals surface area contributed by atoms with Crippen molar-refractivity contribution in [2.24, 2.45) is 0 Å². The molecule has 1 aromatic carbocycles. The number of nitro groups is 1. The number of nitro benzene ring substituents is 1. The van der Waals surface area contributed by atoms with Gasteiger partial charge in [-0.3, -0.25) is 10.1 Å². The van der Waals surface area contributed by atoms with Crippen molar-refractivity contribution in [3.05, 3.63) is 33.9 Å². The Kier molecular flexibility index (Phi) is 7.63. The highest BCUT2D eigenvalue weighted by molar-refractivity contribution is 9.08. The summed E-state index contributed by atoms with van der Waals surface area (Å²) in [4.78, 5) is 12.8. The Labute approximate surface area is 133 Å². The zero-order valence-electron chi connectivity index (χ0n) is 12.5. The third kappa shape index (κ3) is 4.94. The smallest absolute Gasteiger partial charge is 0.273 e. The van der Waals surface area contributed by atoms with Gasteiger partial charge in [0.15, 0.2) is 0 Å². The van der Waals surface area contributed by atoms with Crippen molar-refractivity contribution >= 4 is 27.3 Å². The van der Waals surface area contributed by atoms with E-state index >= 15 is 0 Å². The average molecular weight is 361 g/mol. The Morgan fingerprint density at radius 3 is 2.62 bits per heavy atom. The molecular formula is C14H21BrN2O4. The van der Waals surface area contributed by atoms with Crippen molar-refractivity contribution in [2.45, 2.75) is 18.3 Å². The number of methoxy groups -OCH3 is 2. The average Bonchev–Trinajstić information content (AvgIpc) is 2.47. The first kappa shape index (κ1) is 17.9. The zero-order valence-corrected chi connectivity index (χ0v) is 14.1. The van der Waals surface area contributed by atoms with Crippen LogP contribution in [0.15, 0.2) is 18.2 Å². The molecule has 21 heavy (non-hydrogen) atoms. The summed E-state index contributed by atoms with van der Waals surface area (Å²) in [5.41, 5.74) is 1.71. The molecule has 0 fully saturated rings. The fraction of sp³-hybridized carbons (Fsp3) is 0.571. The molecule has 7 heteroatoms. The summed E-state index contributed by atoms with van der Waals surface area (Å²) in [6.07, 6.45) is 0. The van der Waals surface area contributed by atoms with Crippen LogP contribution in [0.3, 0.4) is 0 Å². The van der Waals surface area contributed by atoms with Crippen LogP contribution in [0, 0.1) is 10.1 Å². The lowest BCUT2D eigenvalue weighted by Crippen LogP contribution is -2.38. The van der Waals surface area contributed by atoms with Gasteiger partial charge in [0.25, 0.3) is 5.69 Å². The van der Waals surface area contributed by atoms with Crippen LogP contribution in [-0.4, -0.2) is 44.9 Å². The molecule has 1 aromatic rings. The van der Waals surface area contributed by atoms with Gasteiger partial charge in [0.1, 0.15) is 0 Å². The third-order valence-corrected chi connectivity index (χ3v) is 3.82. The molecule has 0 aromatic heterocycles. The first-order valence-corrected chi connectivity index (χ1v) is 7.75. The maximum Gasteiger partial charge on any atom is 0.273 e. The number of benzene rings is 1. The van der Waals surface area contributed by atoms with Crippen LogP contribution < -0.4 is 4.90 Å². The molecule has 0 radical (unpaired) electrons. The van der Waals surface area contributed by atoms with Gasteiger partial charge in [-0.15, -0.1) is 0 Å². The Balaban J connectivity index is 3.08. The van der Waals surface area contributed by atoms with Crippen molar-refractivity contribution < 1.29 is 14.4 Å². The quantitative estimate of drug-likeness (QED) is 0.384. The van der Waals surface area contributed by atoms with Gasteiger partial charge in [-0.1, -0.05) is 15.9 Å². The molecule has 0 saturated heterocycles. The minimum Gasteiger partial charge on any atom is -0.383 e. The van der Waals surface area contributed by atoms with E-state index in [1.807, 2.05) is 13.0 Å². The second-order valence-electron chi connectivity index (χ2n) is 4.69. The topological polar surface area (TPSA) is 64.8 Å². The van der Waals surface area contributed by atoms with Crippen LogP contribution in [0.4, 0.5) is 11.4 Å². The van der Waals surface area contributed by atoms with Crippen LogP contribution in [0.25, 0.3) is 0 Å². The van der Waals surface area contributed by atoms with Gasteiger partial charge in [0.2, 0.25) is 0 Å². The molecule has 0 aliphatic rings. The van der Waals surface area contributed by atoms with E-state index in [1.165, 1.54) is 0 Å². The third-order valence-electron chi connectivity index (χ3n) is 3.21. The largest absolute Gasteiger partial charge is 0.383 e. The van der Waals surface area contributed by atoms with E-state index in [2.05, 4.69) is 20.8 Å². The molecule has 1 atom stereocenters. The van der Waals surface area contributed by atoms with Crippen LogP contribution in [0.1, 0.15) is 12.5 Å². The lowest BCUT2D eigenvalue weighted by Gasteiger charge is -2.31. The van der Waals surface area contributed by atoms with Gasteiger partial charge in [-0.25, -0.2) is 0 Å². The Bertz CT molecular complexity index is 470. The highest BCUT2D eigenvalue weighted by Crippen LogP contribution is 2.27. The van der Waals surface area contributed by atoms with Gasteiger partial charge in [-0.05, 0) is 19.1 Å². The van der Waals surface area contributed by atoms with E-state index in [-0.39, 0.29) is 16.7 Å². The van der Waals surface area contributed by atoms with Crippen molar-refractivity contribution in [1.29, 1.82) is 0 Å². The Morgan fingerprint density at radius 1 is 1.38 bits per heavy atom. The number of nitrogens with zero attached hydrogens (tertiary/aromatic N) is 2. The normalized spacial score (nSPS) is 12.2. The summed E-state index contributed by atoms with van der Waals surface area (Å²) in [7, 11) is 3.31. The second kappa shape index (κ2) is 8.96. The highest BCUT2D eigenvalue weighted by atomic mass is 79.9. The predicted octanol–water partition coefficient (Wildman–Crippen LogP) is 2.98. The van der Waals surface area contributed by atoms with Crippen LogP contribution in [-0.2, 0) is 14.8 Å². The molecule has 0 saturated carbocycles. The second-order valence-corrected chi connectivity index (χ2v) is 5.26. The number of rotatable bonds is 9. The Morgan fingerprint density at radius 2 is 2.10 bits per heavy atom. The fourth-order valence-corrected chi connectivity index (χ4v) is 2.61. The number of hydrogen-bond donors (Lipinski definition) is 0. The molecule has 0 amide bonds. The summed E-state index contributed by atoms with van der Waals surface area (Å²) in [5, 5.41) is 11.4. The minimum absolute atomic E-state index is 0.127. The summed E-state index contributed by atoms with van der Waals surface area (Å²) in [5.74, 6) is 0. The monoisotopic (exact) mass is 360 g/mol. The standard InChI is InChI=1S/C14H21BrN2O4/c1-11(10-21-3)16(6-7-20-2)13-4-5-14(17(18)19)12(8-13)9-15/h4-5,8,11H,6-7,9-10H2,1-3H3. The summed E-state index contributed by atoms with van der Waals surface area (Å²) in [6.45, 7) is 3.90. The minimum atomic E-state index is -0.363. The van der Waals surface area contributed by atoms with E-state index in [0.717, 1.165) is 5.69 Å². The van der Waals surface area contributed by atoms with E-state index in [1.54, 1.807) is 26.4 Å². The van der Waals surface area contributed by atoms with Crippen molar-refractivity contribution in [3.63, 3.8) is 0 Å². The highest BCUT2D eigenvalue weighted by Gasteiger charge is 2.19. The molecule has 0 bridgehead atoms. The molecule has 0 N–H and O–H groups in total. The van der Waals surface area contributed by atoms with Crippen molar-refractivity contribution in [2.75, 3.05) is 38.9 Å². The number of hydrogen-bond acceptors (Lipinski definition) is 5. The molecule has 0 spiro atoms. The molecule has 118 valence electrons. The molecule has 0 aliphatic carbocycles. The lowest BCUT2D eigenvalue weighted by molar-refractivity contribution is -0.385. The van der Waals surface area contributed by atoms with Crippen LogP contribution >= 0.6 is 15.9 Å². The van der Waals surface area contributed by atoms with E-state index < -0.39 is 0 Å². The lowest BCUT2D eigenvalue weighted by atomic mass is 10.1. The van der Waals surface area contributed by atoms with Crippen molar-refractivity contribution in [3.8, 4) is 0 Å². The first-order chi connectivity index (χ1) is 10.0. The molecule has 6 nitrogen and oxygen atoms in total. The molecule has 0 aliphatic heterocycles. The molecule has 0 heterocycles. The summed E-state index contributed by atoms with van der Waals surface area (Å²) < 4.78 is 10.3. The number of ether oxygens (including phenoxy) is 2. The fourth-order valence-electron chi connectivity index (χ4n) is 2.16. The summed E-state index contributed by atoms with van der Waals surface area (Å²) >= 11 is 3.31. The van der Waals surface area contributed by atoms with Gasteiger partial charge in [0, 0.05) is 49.5 Å². The maximum atomic E-state index is 11.0. The van der Waals surface area contributed by atoms with Gasteiger partial charge < -0.3 is 14.4 Å². The van der Waals surface area contributed by atoms with Crippen LogP contribution in [0.5, 0.6) is 0 Å². The molecular weight excluding hydrogens is 340 g/mol. The van der Waals surface area contributed by atoms with Crippen molar-refractivity contribution in [1.82, 2.24) is 0 Å². The first-order valence-electron chi connectivity index (χ1n) is 6.63. The Hall–Kier alpha value is -1.18. The molecule has 1 rings (SSSR count). The maximum absolute atomic E-state index is 11.0. The van der Waals surface area contributed by atoms with Crippen LogP contribution in [0.2, 0.25) is 0 Å². The van der Waals surface area contributed by atoms with Gasteiger partial charge in [-0.2, -0.15) is 0 Å². The van der Waals surface area contributed by atoms with E-state index in [0.29, 0.717) is 30.7 Å². The van der Waals surface area contributed by atoms with E-state index in [9.17, 15) is 10.1 Å². The molecule has 1 unspecified atom stereocenters. The number of anilines is 1. The number of halogens is 1. The van der Waals surface area contributed by atoms with Gasteiger partial charge in [0.05, 0.1) is 18.1 Å². The number of alkyl halides is 1. The van der Waals surface area contributed by atoms with Gasteiger partial charge >= 0.3 is 0 Å². The SMILES string of the molecule is COCCN(c1ccc([N+](=O)[O-])c(CBr)c1)C(C)COC.